The van der Waals surface area contributed by atoms with Crippen LogP contribution in [0.15, 0.2) is 53.9 Å². The molecule has 1 aliphatic heterocycles. The summed E-state index contributed by atoms with van der Waals surface area (Å²) in [6, 6.07) is 13.2. The average molecular weight is 539 g/mol. The summed E-state index contributed by atoms with van der Waals surface area (Å²) in [7, 11) is 1.59. The number of thiazole rings is 1. The van der Waals surface area contributed by atoms with Crippen molar-refractivity contribution in [3.05, 3.63) is 74.7 Å². The van der Waals surface area contributed by atoms with E-state index in [9.17, 15) is 19.7 Å². The van der Waals surface area contributed by atoms with E-state index in [0.29, 0.717) is 48.3 Å². The summed E-state index contributed by atoms with van der Waals surface area (Å²) in [6.07, 6.45) is 0. The van der Waals surface area contributed by atoms with E-state index >= 15 is 0 Å². The Kier molecular flexibility index (Phi) is 8.41. The number of carbonyl (C=O) groups excluding carboxylic acids is 2. The van der Waals surface area contributed by atoms with Gasteiger partial charge in [-0.15, -0.1) is 11.3 Å². The first-order chi connectivity index (χ1) is 18.2. The number of benzene rings is 2. The van der Waals surface area contributed by atoms with Crippen LogP contribution in [0.1, 0.15) is 29.3 Å². The van der Waals surface area contributed by atoms with Gasteiger partial charge in [0.1, 0.15) is 16.5 Å². The SMILES string of the molecule is COc1ccc(NC(=O)N(Cc2nc(C(=O)N3CCN(c4ccc([N+](=O)[O-])cc4)CC3)cs2)C(C)C)cc1. The maximum absolute atomic E-state index is 13.1. The predicted molar refractivity (Wildman–Crippen MR) is 146 cm³/mol. The van der Waals surface area contributed by atoms with Crippen molar-refractivity contribution in [2.75, 3.05) is 43.5 Å². The largest absolute Gasteiger partial charge is 0.497 e. The maximum atomic E-state index is 13.1. The number of methoxy groups -OCH3 is 1. The number of hydrogen-bond donors (Lipinski definition) is 1. The average Bonchev–Trinajstić information content (AvgIpc) is 3.40. The number of rotatable bonds is 8. The molecule has 3 aromatic rings. The van der Waals surface area contributed by atoms with Crippen LogP contribution in [0.4, 0.5) is 21.9 Å². The number of nitro benzene ring substituents is 1. The lowest BCUT2D eigenvalue weighted by Crippen LogP contribution is -2.48. The fourth-order valence-corrected chi connectivity index (χ4v) is 4.87. The Labute approximate surface area is 224 Å². The van der Waals surface area contributed by atoms with Gasteiger partial charge in [0.2, 0.25) is 0 Å². The van der Waals surface area contributed by atoms with Crippen molar-refractivity contribution in [3.8, 4) is 5.75 Å². The van der Waals surface area contributed by atoms with E-state index < -0.39 is 4.92 Å². The van der Waals surface area contributed by atoms with Crippen molar-refractivity contribution in [2.24, 2.45) is 0 Å². The Morgan fingerprint density at radius 3 is 2.34 bits per heavy atom. The Hall–Kier alpha value is -4.19. The number of nitro groups is 1. The standard InChI is InChI=1S/C26H30N6O5S/c1-18(2)31(26(34)27-19-4-10-22(37-3)11-5-19)16-24-28-23(17-38-24)25(33)30-14-12-29(13-15-30)20-6-8-21(9-7-20)32(35)36/h4-11,17-18H,12-16H2,1-3H3,(H,27,34). The van der Waals surface area contributed by atoms with Crippen LogP contribution >= 0.6 is 11.3 Å². The quantitative estimate of drug-likeness (QED) is 0.332. The molecule has 2 heterocycles. The number of carbonyl (C=O) groups is 2. The number of hydrogen-bond acceptors (Lipinski definition) is 8. The van der Waals surface area contributed by atoms with Crippen LogP contribution in [0.5, 0.6) is 5.75 Å². The van der Waals surface area contributed by atoms with Gasteiger partial charge in [0, 0.05) is 61.1 Å². The second kappa shape index (κ2) is 11.9. The summed E-state index contributed by atoms with van der Waals surface area (Å²) in [5.74, 6) is 0.561. The lowest BCUT2D eigenvalue weighted by atomic mass is 10.2. The number of anilines is 2. The van der Waals surface area contributed by atoms with E-state index in [1.54, 1.807) is 58.7 Å². The molecule has 1 fully saturated rings. The molecule has 1 N–H and O–H groups in total. The maximum Gasteiger partial charge on any atom is 0.322 e. The number of ether oxygens (including phenoxy) is 1. The van der Waals surface area contributed by atoms with Crippen molar-refractivity contribution in [1.29, 1.82) is 0 Å². The topological polar surface area (TPSA) is 121 Å². The highest BCUT2D eigenvalue weighted by atomic mass is 32.1. The van der Waals surface area contributed by atoms with Crippen LogP contribution in [0.2, 0.25) is 0 Å². The van der Waals surface area contributed by atoms with Gasteiger partial charge in [-0.2, -0.15) is 0 Å². The smallest absolute Gasteiger partial charge is 0.322 e. The number of amides is 3. The molecule has 0 bridgehead atoms. The van der Waals surface area contributed by atoms with Gasteiger partial charge in [-0.1, -0.05) is 0 Å². The molecule has 200 valence electrons. The van der Waals surface area contributed by atoms with Crippen LogP contribution < -0.4 is 15.0 Å². The highest BCUT2D eigenvalue weighted by molar-refractivity contribution is 7.09. The number of urea groups is 1. The minimum Gasteiger partial charge on any atom is -0.497 e. The van der Waals surface area contributed by atoms with E-state index in [4.69, 9.17) is 4.74 Å². The highest BCUT2D eigenvalue weighted by Crippen LogP contribution is 2.22. The van der Waals surface area contributed by atoms with Gasteiger partial charge >= 0.3 is 6.03 Å². The third kappa shape index (κ3) is 6.38. The van der Waals surface area contributed by atoms with Gasteiger partial charge in [-0.05, 0) is 50.2 Å². The number of nitrogens with zero attached hydrogens (tertiary/aromatic N) is 5. The van der Waals surface area contributed by atoms with Gasteiger partial charge in [-0.25, -0.2) is 9.78 Å². The zero-order valence-electron chi connectivity index (χ0n) is 21.5. The summed E-state index contributed by atoms with van der Waals surface area (Å²) in [6.45, 7) is 6.41. The zero-order valence-corrected chi connectivity index (χ0v) is 22.3. The molecule has 4 rings (SSSR count). The van der Waals surface area contributed by atoms with E-state index in [1.807, 2.05) is 13.8 Å². The third-order valence-electron chi connectivity index (χ3n) is 6.29. The van der Waals surface area contributed by atoms with Gasteiger partial charge in [0.05, 0.1) is 18.6 Å². The summed E-state index contributed by atoms with van der Waals surface area (Å²) in [4.78, 5) is 46.6. The lowest BCUT2D eigenvalue weighted by Gasteiger charge is -2.35. The van der Waals surface area contributed by atoms with Crippen molar-refractivity contribution >= 4 is 40.3 Å². The molecule has 1 aliphatic rings. The first-order valence-corrected chi connectivity index (χ1v) is 13.1. The molecule has 0 atom stereocenters. The fraction of sp³-hybridized carbons (Fsp3) is 0.346. The van der Waals surface area contributed by atoms with E-state index in [0.717, 1.165) is 5.69 Å². The molecule has 1 aromatic heterocycles. The summed E-state index contributed by atoms with van der Waals surface area (Å²) in [5.41, 5.74) is 1.97. The lowest BCUT2D eigenvalue weighted by molar-refractivity contribution is -0.384. The molecule has 2 aromatic carbocycles. The summed E-state index contributed by atoms with van der Waals surface area (Å²) in [5, 5.41) is 16.2. The number of piperazine rings is 1. The first kappa shape index (κ1) is 26.9. The molecule has 0 unspecified atom stereocenters. The Bertz CT molecular complexity index is 1270. The molecule has 38 heavy (non-hydrogen) atoms. The molecule has 3 amide bonds. The minimum atomic E-state index is -0.420. The second-order valence-electron chi connectivity index (χ2n) is 9.06. The molecule has 1 saturated heterocycles. The number of non-ortho nitro benzene ring substituents is 1. The highest BCUT2D eigenvalue weighted by Gasteiger charge is 2.25. The summed E-state index contributed by atoms with van der Waals surface area (Å²) < 4.78 is 5.16. The monoisotopic (exact) mass is 538 g/mol. The molecule has 11 nitrogen and oxygen atoms in total. The Balaban J connectivity index is 1.33. The molecule has 0 saturated carbocycles. The van der Waals surface area contributed by atoms with Crippen molar-refractivity contribution < 1.29 is 19.2 Å². The second-order valence-corrected chi connectivity index (χ2v) is 10.0. The third-order valence-corrected chi connectivity index (χ3v) is 7.13. The molecule has 0 aliphatic carbocycles. The van der Waals surface area contributed by atoms with Gasteiger partial charge in [0.25, 0.3) is 11.6 Å². The van der Waals surface area contributed by atoms with E-state index in [1.165, 1.54) is 23.5 Å². The molecule has 12 heteroatoms. The first-order valence-electron chi connectivity index (χ1n) is 12.2. The van der Waals surface area contributed by atoms with Crippen molar-refractivity contribution in [3.63, 3.8) is 0 Å². The zero-order chi connectivity index (χ0) is 27.2. The van der Waals surface area contributed by atoms with Gasteiger partial charge < -0.3 is 24.8 Å². The number of nitrogens with one attached hydrogen (secondary N) is 1. The van der Waals surface area contributed by atoms with Crippen LogP contribution in [-0.2, 0) is 6.54 Å². The molecule has 0 spiro atoms. The normalized spacial score (nSPS) is 13.4. The van der Waals surface area contributed by atoms with Gasteiger partial charge in [-0.3, -0.25) is 14.9 Å². The van der Waals surface area contributed by atoms with Gasteiger partial charge in [0.15, 0.2) is 0 Å². The molecular formula is C26H30N6O5S. The van der Waals surface area contributed by atoms with Crippen molar-refractivity contribution in [1.82, 2.24) is 14.8 Å². The predicted octanol–water partition coefficient (Wildman–Crippen LogP) is 4.46. The Morgan fingerprint density at radius 2 is 1.76 bits per heavy atom. The van der Waals surface area contributed by atoms with Crippen LogP contribution in [0, 0.1) is 10.1 Å². The Morgan fingerprint density at radius 1 is 1.11 bits per heavy atom. The van der Waals surface area contributed by atoms with Crippen LogP contribution in [0.3, 0.4) is 0 Å². The number of aromatic nitrogens is 1. The van der Waals surface area contributed by atoms with Crippen LogP contribution in [-0.4, -0.2) is 71.0 Å². The molecule has 0 radical (unpaired) electrons. The molecular weight excluding hydrogens is 508 g/mol. The fourth-order valence-electron chi connectivity index (χ4n) is 4.10. The summed E-state index contributed by atoms with van der Waals surface area (Å²) >= 11 is 1.36. The van der Waals surface area contributed by atoms with E-state index in [-0.39, 0.29) is 30.2 Å². The van der Waals surface area contributed by atoms with E-state index in [2.05, 4.69) is 15.2 Å². The van der Waals surface area contributed by atoms with Crippen molar-refractivity contribution in [2.45, 2.75) is 26.4 Å². The minimum absolute atomic E-state index is 0.0520. The van der Waals surface area contributed by atoms with Crippen LogP contribution in [0.25, 0.3) is 0 Å².